The van der Waals surface area contributed by atoms with Crippen LogP contribution < -0.4 is 0 Å². The van der Waals surface area contributed by atoms with Gasteiger partial charge in [0.05, 0.1) is 6.07 Å². The lowest BCUT2D eigenvalue weighted by molar-refractivity contribution is 0.376. The van der Waals surface area contributed by atoms with E-state index in [-0.39, 0.29) is 0 Å². The van der Waals surface area contributed by atoms with Crippen LogP contribution in [0.2, 0.25) is 5.02 Å². The van der Waals surface area contributed by atoms with Gasteiger partial charge in [-0.25, -0.2) is 0 Å². The smallest absolute Gasteiger partial charge is 0.226 e. The Bertz CT molecular complexity index is 545. The van der Waals surface area contributed by atoms with Crippen molar-refractivity contribution < 1.29 is 4.52 Å². The fourth-order valence-electron chi connectivity index (χ4n) is 1.42. The minimum absolute atomic E-state index is 0.495. The molecular formula is C12H10ClN3O. The number of nitriles is 1. The molecule has 1 aromatic heterocycles. The van der Waals surface area contributed by atoms with Gasteiger partial charge in [-0.3, -0.25) is 0 Å². The normalized spacial score (nSPS) is 10.1. The van der Waals surface area contributed by atoms with Crippen molar-refractivity contribution in [2.75, 3.05) is 0 Å². The van der Waals surface area contributed by atoms with E-state index in [4.69, 9.17) is 21.4 Å². The number of aromatic nitrogens is 2. The van der Waals surface area contributed by atoms with E-state index in [1.54, 1.807) is 12.1 Å². The molecule has 0 amide bonds. The third kappa shape index (κ3) is 3.05. The Balaban J connectivity index is 2.10. The topological polar surface area (TPSA) is 62.7 Å². The number of unbranched alkanes of at least 4 members (excludes halogenated alkanes) is 1. The van der Waals surface area contributed by atoms with Gasteiger partial charge in [0.15, 0.2) is 0 Å². The van der Waals surface area contributed by atoms with Crippen LogP contribution in [0.15, 0.2) is 28.8 Å². The summed E-state index contributed by atoms with van der Waals surface area (Å²) in [5.74, 6) is 1.08. The average Bonchev–Trinajstić information content (AvgIpc) is 2.78. The van der Waals surface area contributed by atoms with Crippen molar-refractivity contribution in [3.63, 3.8) is 0 Å². The van der Waals surface area contributed by atoms with Crippen molar-refractivity contribution in [2.24, 2.45) is 0 Å². The number of hydrogen-bond donors (Lipinski definition) is 0. The van der Waals surface area contributed by atoms with Crippen LogP contribution in [0.25, 0.3) is 11.4 Å². The first-order valence-corrected chi connectivity index (χ1v) is 5.63. The molecule has 17 heavy (non-hydrogen) atoms. The summed E-state index contributed by atoms with van der Waals surface area (Å²) in [5.41, 5.74) is 0.827. The Labute approximate surface area is 104 Å². The molecule has 0 saturated heterocycles. The highest BCUT2D eigenvalue weighted by Crippen LogP contribution is 2.20. The molecule has 0 aliphatic heterocycles. The van der Waals surface area contributed by atoms with Crippen LogP contribution in [0.1, 0.15) is 18.7 Å². The van der Waals surface area contributed by atoms with E-state index >= 15 is 0 Å². The van der Waals surface area contributed by atoms with Gasteiger partial charge in [0.1, 0.15) is 0 Å². The zero-order chi connectivity index (χ0) is 12.1. The van der Waals surface area contributed by atoms with Crippen LogP contribution >= 0.6 is 11.6 Å². The highest BCUT2D eigenvalue weighted by Gasteiger charge is 2.08. The largest absolute Gasteiger partial charge is 0.339 e. The van der Waals surface area contributed by atoms with Crippen LogP contribution in [-0.2, 0) is 6.42 Å². The molecule has 2 aromatic rings. The molecule has 1 aromatic carbocycles. The molecule has 5 heteroatoms. The lowest BCUT2D eigenvalue weighted by Gasteiger charge is -1.93. The fraction of sp³-hybridized carbons (Fsp3) is 0.250. The maximum atomic E-state index is 8.43. The predicted octanol–water partition coefficient (Wildman–Crippen LogP) is 3.24. The van der Waals surface area contributed by atoms with E-state index in [9.17, 15) is 0 Å². The Hall–Kier alpha value is -1.86. The lowest BCUT2D eigenvalue weighted by Crippen LogP contribution is -1.85. The van der Waals surface area contributed by atoms with E-state index in [0.29, 0.717) is 29.6 Å². The van der Waals surface area contributed by atoms with Crippen LogP contribution in [0.3, 0.4) is 0 Å². The summed E-state index contributed by atoms with van der Waals surface area (Å²) in [6.07, 6.45) is 1.85. The van der Waals surface area contributed by atoms with Crippen molar-refractivity contribution in [3.8, 4) is 17.5 Å². The summed E-state index contributed by atoms with van der Waals surface area (Å²) in [4.78, 5) is 4.25. The van der Waals surface area contributed by atoms with E-state index in [1.807, 2.05) is 12.1 Å². The summed E-state index contributed by atoms with van der Waals surface area (Å²) in [7, 11) is 0. The molecule has 0 unspecified atom stereocenters. The minimum Gasteiger partial charge on any atom is -0.339 e. The van der Waals surface area contributed by atoms with E-state index in [1.165, 1.54) is 0 Å². The monoisotopic (exact) mass is 247 g/mol. The summed E-state index contributed by atoms with van der Waals surface area (Å²) < 4.78 is 5.09. The highest BCUT2D eigenvalue weighted by molar-refractivity contribution is 6.30. The molecule has 0 aliphatic carbocycles. The summed E-state index contributed by atoms with van der Waals surface area (Å²) in [6.45, 7) is 0. The molecule has 0 radical (unpaired) electrons. The first-order valence-electron chi connectivity index (χ1n) is 5.25. The lowest BCUT2D eigenvalue weighted by atomic mass is 10.2. The van der Waals surface area contributed by atoms with Crippen molar-refractivity contribution in [3.05, 3.63) is 35.2 Å². The number of benzene rings is 1. The van der Waals surface area contributed by atoms with Crippen LogP contribution in [0.4, 0.5) is 0 Å². The molecule has 0 aliphatic rings. The van der Waals surface area contributed by atoms with Gasteiger partial charge in [0.25, 0.3) is 0 Å². The molecule has 2 rings (SSSR count). The zero-order valence-electron chi connectivity index (χ0n) is 9.06. The SMILES string of the molecule is N#CCCCc1nc(-c2cccc(Cl)c2)no1. The quantitative estimate of drug-likeness (QED) is 0.778. The van der Waals surface area contributed by atoms with Gasteiger partial charge < -0.3 is 4.52 Å². The number of hydrogen-bond acceptors (Lipinski definition) is 4. The van der Waals surface area contributed by atoms with E-state index in [0.717, 1.165) is 12.0 Å². The Kier molecular flexibility index (Phi) is 3.73. The minimum atomic E-state index is 0.495. The second-order valence-corrected chi connectivity index (χ2v) is 3.97. The van der Waals surface area contributed by atoms with Crippen molar-refractivity contribution in [1.82, 2.24) is 10.1 Å². The van der Waals surface area contributed by atoms with Crippen LogP contribution in [-0.4, -0.2) is 10.1 Å². The number of nitrogens with zero attached hydrogens (tertiary/aromatic N) is 3. The van der Waals surface area contributed by atoms with E-state index in [2.05, 4.69) is 16.2 Å². The summed E-state index contributed by atoms with van der Waals surface area (Å²) in [5, 5.41) is 12.9. The Morgan fingerprint density at radius 3 is 3.06 bits per heavy atom. The standard InChI is InChI=1S/C12H10ClN3O/c13-10-5-3-4-9(8-10)12-15-11(17-16-12)6-1-2-7-14/h3-5,8H,1-2,6H2. The Morgan fingerprint density at radius 1 is 1.41 bits per heavy atom. The van der Waals surface area contributed by atoms with Gasteiger partial charge in [0.2, 0.25) is 11.7 Å². The Morgan fingerprint density at radius 2 is 2.29 bits per heavy atom. The first kappa shape index (κ1) is 11.6. The van der Waals surface area contributed by atoms with Gasteiger partial charge in [-0.1, -0.05) is 28.9 Å². The van der Waals surface area contributed by atoms with Crippen LogP contribution in [0, 0.1) is 11.3 Å². The van der Waals surface area contributed by atoms with Crippen LogP contribution in [0.5, 0.6) is 0 Å². The molecule has 0 saturated carbocycles. The predicted molar refractivity (Wildman–Crippen MR) is 63.3 cm³/mol. The molecule has 4 nitrogen and oxygen atoms in total. The molecular weight excluding hydrogens is 238 g/mol. The highest BCUT2D eigenvalue weighted by atomic mass is 35.5. The molecule has 0 fully saturated rings. The number of aryl methyl sites for hydroxylation is 1. The van der Waals surface area contributed by atoms with Gasteiger partial charge >= 0.3 is 0 Å². The van der Waals surface area contributed by atoms with Crippen molar-refractivity contribution >= 4 is 11.6 Å². The van der Waals surface area contributed by atoms with Gasteiger partial charge in [-0.05, 0) is 18.6 Å². The fourth-order valence-corrected chi connectivity index (χ4v) is 1.61. The number of rotatable bonds is 4. The van der Waals surface area contributed by atoms with Crippen molar-refractivity contribution in [2.45, 2.75) is 19.3 Å². The molecule has 0 N–H and O–H groups in total. The average molecular weight is 248 g/mol. The second kappa shape index (κ2) is 5.46. The van der Waals surface area contributed by atoms with Gasteiger partial charge in [-0.15, -0.1) is 0 Å². The maximum Gasteiger partial charge on any atom is 0.226 e. The third-order valence-electron chi connectivity index (χ3n) is 2.23. The molecule has 0 bridgehead atoms. The number of halogens is 1. The van der Waals surface area contributed by atoms with E-state index < -0.39 is 0 Å². The molecule has 0 atom stereocenters. The maximum absolute atomic E-state index is 8.43. The summed E-state index contributed by atoms with van der Waals surface area (Å²) in [6, 6.07) is 9.36. The van der Waals surface area contributed by atoms with Crippen molar-refractivity contribution in [1.29, 1.82) is 5.26 Å². The van der Waals surface area contributed by atoms with Gasteiger partial charge in [-0.2, -0.15) is 10.2 Å². The summed E-state index contributed by atoms with van der Waals surface area (Å²) >= 11 is 5.88. The molecule has 1 heterocycles. The molecule has 86 valence electrons. The first-order chi connectivity index (χ1) is 8.29. The third-order valence-corrected chi connectivity index (χ3v) is 2.47. The second-order valence-electron chi connectivity index (χ2n) is 3.53. The van der Waals surface area contributed by atoms with Gasteiger partial charge in [0, 0.05) is 23.4 Å². The zero-order valence-corrected chi connectivity index (χ0v) is 9.81. The molecule has 0 spiro atoms.